The van der Waals surface area contributed by atoms with Crippen molar-refractivity contribution in [3.8, 4) is 17.2 Å². The molecule has 10 heteroatoms. The molecule has 2 heterocycles. The Bertz CT molecular complexity index is 1510. The number of methoxy groups -OCH3 is 1. The van der Waals surface area contributed by atoms with Gasteiger partial charge in [0, 0.05) is 43.3 Å². The Labute approximate surface area is 259 Å². The van der Waals surface area contributed by atoms with Crippen LogP contribution < -0.4 is 20.1 Å². The van der Waals surface area contributed by atoms with Crippen molar-refractivity contribution in [1.82, 2.24) is 19.6 Å². The van der Waals surface area contributed by atoms with E-state index in [2.05, 4.69) is 36.3 Å². The van der Waals surface area contributed by atoms with E-state index in [4.69, 9.17) is 14.6 Å². The lowest BCUT2D eigenvalue weighted by atomic mass is 9.92. The zero-order chi connectivity index (χ0) is 30.8. The third kappa shape index (κ3) is 6.85. The van der Waals surface area contributed by atoms with Crippen molar-refractivity contribution in [2.45, 2.75) is 58.3 Å². The molecule has 0 spiro atoms. The highest BCUT2D eigenvalue weighted by Crippen LogP contribution is 2.36. The molecular formula is C34H44N6O4. The lowest BCUT2D eigenvalue weighted by Crippen LogP contribution is -2.51. The molecule has 0 unspecified atom stereocenters. The molecule has 0 atom stereocenters. The van der Waals surface area contributed by atoms with Gasteiger partial charge in [0.25, 0.3) is 0 Å². The number of carbonyl (C=O) groups is 2. The summed E-state index contributed by atoms with van der Waals surface area (Å²) in [5.74, 6) is 3.17. The Balaban J connectivity index is 1.09. The number of rotatable bonds is 10. The molecule has 0 radical (unpaired) electrons. The molecule has 1 saturated carbocycles. The van der Waals surface area contributed by atoms with Crippen molar-refractivity contribution in [2.75, 3.05) is 57.1 Å². The van der Waals surface area contributed by atoms with Gasteiger partial charge in [-0.15, -0.1) is 0 Å². The van der Waals surface area contributed by atoms with E-state index in [9.17, 15) is 9.59 Å². The Kier molecular flexibility index (Phi) is 8.53. The van der Waals surface area contributed by atoms with E-state index in [1.165, 1.54) is 12.8 Å². The highest BCUT2D eigenvalue weighted by atomic mass is 16.5. The summed E-state index contributed by atoms with van der Waals surface area (Å²) >= 11 is 0. The van der Waals surface area contributed by atoms with Crippen LogP contribution in [-0.2, 0) is 23.1 Å². The summed E-state index contributed by atoms with van der Waals surface area (Å²) in [7, 11) is 1.63. The van der Waals surface area contributed by atoms with Gasteiger partial charge in [-0.3, -0.25) is 15.0 Å². The molecule has 2 fully saturated rings. The fraction of sp³-hybridized carbons (Fsp3) is 0.500. The average molecular weight is 601 g/mol. The highest BCUT2D eigenvalue weighted by molar-refractivity contribution is 6.00. The first-order valence-corrected chi connectivity index (χ1v) is 15.8. The first kappa shape index (κ1) is 30.0. The number of aromatic nitrogens is 2. The molecule has 2 N–H and O–H groups in total. The average Bonchev–Trinajstić information content (AvgIpc) is 3.48. The zero-order valence-corrected chi connectivity index (χ0v) is 26.3. The van der Waals surface area contributed by atoms with Crippen LogP contribution in [-0.4, -0.2) is 78.0 Å². The normalized spacial score (nSPS) is 17.0. The number of ether oxygens (including phenoxy) is 2. The molecule has 6 rings (SSSR count). The Hall–Kier alpha value is -4.05. The van der Waals surface area contributed by atoms with Crippen molar-refractivity contribution < 1.29 is 19.1 Å². The predicted octanol–water partition coefficient (Wildman–Crippen LogP) is 5.24. The van der Waals surface area contributed by atoms with Crippen LogP contribution in [0.3, 0.4) is 0 Å². The number of urea groups is 1. The summed E-state index contributed by atoms with van der Waals surface area (Å²) < 4.78 is 13.3. The molecule has 1 aliphatic heterocycles. The second-order valence-corrected chi connectivity index (χ2v) is 13.2. The van der Waals surface area contributed by atoms with E-state index in [0.717, 1.165) is 91.1 Å². The standard InChI is InChI=1S/C34H44N6O4/c1-34(2,3)30-20-31(40(37-30)24-10-12-25(43-4)13-11-24)36-33(42)35-28-14-15-29(27-7-5-6-26(27)28)44-19-18-38-16-17-39(32(41)22-38)21-23-8-9-23/h10-15,20,23H,5-9,16-19,21-22H2,1-4H3,(H2,35,36,42). The van der Waals surface area contributed by atoms with E-state index in [1.54, 1.807) is 11.8 Å². The van der Waals surface area contributed by atoms with Crippen LogP contribution in [0.2, 0.25) is 0 Å². The monoisotopic (exact) mass is 600 g/mol. The van der Waals surface area contributed by atoms with Gasteiger partial charge in [-0.2, -0.15) is 5.10 Å². The van der Waals surface area contributed by atoms with Crippen LogP contribution in [0, 0.1) is 5.92 Å². The number of anilines is 2. The quantitative estimate of drug-likeness (QED) is 0.330. The number of amides is 3. The molecule has 2 aromatic carbocycles. The molecule has 0 bridgehead atoms. The second-order valence-electron chi connectivity index (χ2n) is 13.2. The molecule has 1 saturated heterocycles. The van der Waals surface area contributed by atoms with Crippen LogP contribution >= 0.6 is 0 Å². The van der Waals surface area contributed by atoms with Crippen LogP contribution in [0.15, 0.2) is 42.5 Å². The topological polar surface area (TPSA) is 101 Å². The fourth-order valence-electron chi connectivity index (χ4n) is 5.99. The molecule has 3 aromatic rings. The van der Waals surface area contributed by atoms with E-state index in [0.29, 0.717) is 19.0 Å². The number of hydrogen-bond donors (Lipinski definition) is 2. The number of benzene rings is 2. The molecule has 44 heavy (non-hydrogen) atoms. The van der Waals surface area contributed by atoms with Crippen LogP contribution in [0.25, 0.3) is 5.69 Å². The second kappa shape index (κ2) is 12.5. The largest absolute Gasteiger partial charge is 0.497 e. The number of fused-ring (bicyclic) bond motifs is 1. The first-order valence-electron chi connectivity index (χ1n) is 15.8. The van der Waals surface area contributed by atoms with E-state index < -0.39 is 0 Å². The minimum Gasteiger partial charge on any atom is -0.497 e. The summed E-state index contributed by atoms with van der Waals surface area (Å²) in [4.78, 5) is 30.1. The van der Waals surface area contributed by atoms with Crippen LogP contribution in [0.5, 0.6) is 11.5 Å². The van der Waals surface area contributed by atoms with Gasteiger partial charge in [-0.05, 0) is 85.5 Å². The summed E-state index contributed by atoms with van der Waals surface area (Å²) in [6.45, 7) is 10.6. The molecular weight excluding hydrogens is 556 g/mol. The van der Waals surface area contributed by atoms with E-state index >= 15 is 0 Å². The maximum Gasteiger partial charge on any atom is 0.324 e. The lowest BCUT2D eigenvalue weighted by molar-refractivity contribution is -0.136. The van der Waals surface area contributed by atoms with Crippen LogP contribution in [0.4, 0.5) is 16.3 Å². The summed E-state index contributed by atoms with van der Waals surface area (Å²) in [5, 5.41) is 10.9. The number of piperazine rings is 1. The number of nitrogens with zero attached hydrogens (tertiary/aromatic N) is 4. The molecule has 3 aliphatic rings. The summed E-state index contributed by atoms with van der Waals surface area (Å²) in [6.07, 6.45) is 5.35. The van der Waals surface area contributed by atoms with Gasteiger partial charge < -0.3 is 19.7 Å². The Morgan fingerprint density at radius 3 is 2.50 bits per heavy atom. The summed E-state index contributed by atoms with van der Waals surface area (Å²) in [5.41, 5.74) is 4.58. The van der Waals surface area contributed by atoms with Crippen LogP contribution in [0.1, 0.15) is 56.9 Å². The number of nitrogens with one attached hydrogen (secondary N) is 2. The fourth-order valence-corrected chi connectivity index (χ4v) is 5.99. The number of carbonyl (C=O) groups excluding carboxylic acids is 2. The van der Waals surface area contributed by atoms with Gasteiger partial charge in [-0.25, -0.2) is 9.48 Å². The van der Waals surface area contributed by atoms with Crippen molar-refractivity contribution >= 4 is 23.4 Å². The molecule has 2 aliphatic carbocycles. The van der Waals surface area contributed by atoms with Crippen molar-refractivity contribution in [3.05, 3.63) is 59.3 Å². The van der Waals surface area contributed by atoms with E-state index in [-0.39, 0.29) is 17.4 Å². The Morgan fingerprint density at radius 1 is 1.02 bits per heavy atom. The van der Waals surface area contributed by atoms with Crippen molar-refractivity contribution in [1.29, 1.82) is 0 Å². The SMILES string of the molecule is COc1ccc(-n2nc(C(C)(C)C)cc2NC(=O)Nc2ccc(OCCN3CCN(CC4CC4)C(=O)C3)c3c2CCC3)cc1. The molecule has 3 amide bonds. The third-order valence-corrected chi connectivity index (χ3v) is 8.76. The minimum atomic E-state index is -0.326. The first-order chi connectivity index (χ1) is 21.2. The molecule has 1 aromatic heterocycles. The maximum atomic E-state index is 13.3. The minimum absolute atomic E-state index is 0.193. The Morgan fingerprint density at radius 2 is 1.80 bits per heavy atom. The van der Waals surface area contributed by atoms with E-state index in [1.807, 2.05) is 47.4 Å². The highest BCUT2D eigenvalue weighted by Gasteiger charge is 2.30. The molecule has 10 nitrogen and oxygen atoms in total. The van der Waals surface area contributed by atoms with Crippen molar-refractivity contribution in [2.24, 2.45) is 5.92 Å². The van der Waals surface area contributed by atoms with Gasteiger partial charge in [0.1, 0.15) is 23.9 Å². The lowest BCUT2D eigenvalue weighted by Gasteiger charge is -2.34. The van der Waals surface area contributed by atoms with Gasteiger partial charge in [0.15, 0.2) is 0 Å². The predicted molar refractivity (Wildman–Crippen MR) is 171 cm³/mol. The summed E-state index contributed by atoms with van der Waals surface area (Å²) in [6, 6.07) is 13.1. The zero-order valence-electron chi connectivity index (χ0n) is 26.3. The smallest absolute Gasteiger partial charge is 0.324 e. The third-order valence-electron chi connectivity index (χ3n) is 8.76. The van der Waals surface area contributed by atoms with Gasteiger partial charge in [0.05, 0.1) is 25.0 Å². The van der Waals surface area contributed by atoms with Gasteiger partial charge >= 0.3 is 6.03 Å². The van der Waals surface area contributed by atoms with Gasteiger partial charge in [-0.1, -0.05) is 20.8 Å². The maximum absolute atomic E-state index is 13.3. The molecule has 234 valence electrons. The van der Waals surface area contributed by atoms with Gasteiger partial charge in [0.2, 0.25) is 5.91 Å². The number of hydrogen-bond acceptors (Lipinski definition) is 6. The van der Waals surface area contributed by atoms with Crippen molar-refractivity contribution in [3.63, 3.8) is 0 Å².